The number of carbonyl (C=O) groups excluding carboxylic acids is 3. The van der Waals surface area contributed by atoms with Crippen molar-refractivity contribution in [2.45, 2.75) is 113 Å². The summed E-state index contributed by atoms with van der Waals surface area (Å²) in [5.41, 5.74) is 4.67. The van der Waals surface area contributed by atoms with Gasteiger partial charge in [0.05, 0.1) is 56.2 Å². The minimum Gasteiger partial charge on any atom is -0.460 e. The fourth-order valence-corrected chi connectivity index (χ4v) is 7.04. The van der Waals surface area contributed by atoms with Gasteiger partial charge in [0.2, 0.25) is 5.91 Å². The summed E-state index contributed by atoms with van der Waals surface area (Å²) in [5.74, 6) is -1.40. The number of alkyl halides is 1. The Hall–Kier alpha value is -2.99. The number of thioether (sulfide) groups is 1. The first kappa shape index (κ1) is 42.7. The Bertz CT molecular complexity index is 1410. The van der Waals surface area contributed by atoms with E-state index in [1.807, 2.05) is 13.8 Å². The molecule has 1 amide bonds. The molecule has 1 aromatic heterocycles. The Morgan fingerprint density at radius 1 is 1.11 bits per heavy atom. The number of esters is 2. The molecule has 300 valence electrons. The number of ether oxygens (including phenoxy) is 6. The van der Waals surface area contributed by atoms with E-state index in [4.69, 9.17) is 34.2 Å². The van der Waals surface area contributed by atoms with Gasteiger partial charge in [0, 0.05) is 49.6 Å². The fourth-order valence-electron chi connectivity index (χ4n) is 5.88. The van der Waals surface area contributed by atoms with Gasteiger partial charge < -0.3 is 65.2 Å². The molecule has 3 fully saturated rings. The van der Waals surface area contributed by atoms with Crippen LogP contribution >= 0.6 is 11.8 Å². The Labute approximate surface area is 309 Å². The number of anilines is 1. The van der Waals surface area contributed by atoms with Gasteiger partial charge in [-0.2, -0.15) is 16.7 Å². The molecule has 3 aliphatic rings. The van der Waals surface area contributed by atoms with E-state index >= 15 is 0 Å². The summed E-state index contributed by atoms with van der Waals surface area (Å²) >= 11 is 1.39. The number of amides is 1. The van der Waals surface area contributed by atoms with Gasteiger partial charge in [-0.3, -0.25) is 14.2 Å². The zero-order valence-electron chi connectivity index (χ0n) is 29.5. The van der Waals surface area contributed by atoms with Crippen LogP contribution in [0.15, 0.2) is 17.1 Å². The number of nitrogens with one attached hydrogen (secondary N) is 2. The molecule has 0 aliphatic carbocycles. The van der Waals surface area contributed by atoms with Gasteiger partial charge in [-0.05, 0) is 6.07 Å². The van der Waals surface area contributed by atoms with Crippen LogP contribution in [-0.4, -0.2) is 160 Å². The molecule has 53 heavy (non-hydrogen) atoms. The van der Waals surface area contributed by atoms with Crippen LogP contribution in [0.3, 0.4) is 0 Å². The number of carbonyl (C=O) groups is 3. The second-order valence-corrected chi connectivity index (χ2v) is 14.3. The minimum atomic E-state index is -1.56. The third-order valence-corrected chi connectivity index (χ3v) is 9.66. The third kappa shape index (κ3) is 13.1. The number of nitrogens with zero attached hydrogens (tertiary/aromatic N) is 2. The van der Waals surface area contributed by atoms with E-state index in [9.17, 15) is 44.0 Å². The van der Waals surface area contributed by atoms with Gasteiger partial charge in [-0.25, -0.2) is 14.0 Å². The van der Waals surface area contributed by atoms with E-state index in [0.717, 1.165) is 4.57 Å². The maximum absolute atomic E-state index is 14.5. The van der Waals surface area contributed by atoms with E-state index in [2.05, 4.69) is 15.6 Å². The number of aliphatic hydroxyl groups excluding tert-OH is 4. The summed E-state index contributed by atoms with van der Waals surface area (Å²) in [6, 6.07) is 0.602. The fraction of sp³-hybridized carbons (Fsp3) is 0.781. The van der Waals surface area contributed by atoms with Crippen molar-refractivity contribution in [3.05, 3.63) is 22.7 Å². The number of nitrogen functional groups attached to an aromatic ring is 1. The van der Waals surface area contributed by atoms with Gasteiger partial charge >= 0.3 is 17.6 Å². The maximum atomic E-state index is 14.5. The third-order valence-electron chi connectivity index (χ3n) is 8.53. The number of aliphatic hydroxyl groups is 4. The Morgan fingerprint density at radius 3 is 2.60 bits per heavy atom. The highest BCUT2D eigenvalue weighted by Gasteiger charge is 2.41. The molecule has 3 aliphatic heterocycles. The molecule has 19 nitrogen and oxygen atoms in total. The largest absolute Gasteiger partial charge is 0.460 e. The maximum Gasteiger partial charge on any atom is 0.351 e. The average Bonchev–Trinajstić information content (AvgIpc) is 3.47. The Morgan fingerprint density at radius 2 is 1.89 bits per heavy atom. The van der Waals surface area contributed by atoms with Crippen molar-refractivity contribution in [1.82, 2.24) is 20.2 Å². The van der Waals surface area contributed by atoms with Crippen molar-refractivity contribution >= 4 is 35.4 Å². The summed E-state index contributed by atoms with van der Waals surface area (Å²) in [5, 5.41) is 45.9. The monoisotopic (exact) mass is 779 g/mol. The summed E-state index contributed by atoms with van der Waals surface area (Å²) < 4.78 is 48.3. The van der Waals surface area contributed by atoms with Crippen molar-refractivity contribution < 1.29 is 67.6 Å². The summed E-state index contributed by atoms with van der Waals surface area (Å²) in [6.07, 6.45) is -8.91. The van der Waals surface area contributed by atoms with Crippen molar-refractivity contribution in [3.8, 4) is 0 Å². The van der Waals surface area contributed by atoms with E-state index in [0.29, 0.717) is 11.5 Å². The highest BCUT2D eigenvalue weighted by molar-refractivity contribution is 7.99. The first-order valence-corrected chi connectivity index (χ1v) is 18.5. The molecule has 3 saturated heterocycles. The molecule has 11 atom stereocenters. The molecule has 1 aromatic rings. The van der Waals surface area contributed by atoms with Crippen molar-refractivity contribution in [3.63, 3.8) is 0 Å². The standard InChI is InChI=1S/C32H50FN5O14S/c1-16(2)36-20(14-53-15-25-23(7-17(40)11-47-25)51-31-22(42)9-21(41)24(10-39)52-31)29(45)35-5-3-27(43)49-13-28(44)48-12-18-8-19(33)30(50-18)38-6-4-26(34)37-32(38)46/h4,6,16-25,30-31,36,39-42H,3,5,7-15H2,1-2H3,(H,35,45)(H2,34,37,46)/t17?,18-,19-,20+,21?,22?,23-,24?,25?,30+,31+/m0/s1. The molecular formula is C32H50FN5O14S. The molecular weight excluding hydrogens is 729 g/mol. The van der Waals surface area contributed by atoms with E-state index < -0.39 is 98.3 Å². The zero-order valence-corrected chi connectivity index (χ0v) is 30.3. The minimum absolute atomic E-state index is 0.0215. The lowest BCUT2D eigenvalue weighted by atomic mass is 10.0. The summed E-state index contributed by atoms with van der Waals surface area (Å²) in [6.45, 7) is 2.23. The predicted octanol–water partition coefficient (Wildman–Crippen LogP) is -2.49. The second-order valence-electron chi connectivity index (χ2n) is 13.3. The highest BCUT2D eigenvalue weighted by Crippen LogP contribution is 2.31. The molecule has 8 N–H and O–H groups in total. The van der Waals surface area contributed by atoms with Gasteiger partial charge in [-0.15, -0.1) is 0 Å². The van der Waals surface area contributed by atoms with E-state index in [-0.39, 0.29) is 63.2 Å². The molecule has 21 heteroatoms. The lowest BCUT2D eigenvalue weighted by Gasteiger charge is -2.41. The van der Waals surface area contributed by atoms with Crippen LogP contribution in [0.4, 0.5) is 10.2 Å². The smallest absolute Gasteiger partial charge is 0.351 e. The number of hydrogen-bond acceptors (Lipinski definition) is 18. The van der Waals surface area contributed by atoms with Gasteiger partial charge in [0.25, 0.3) is 0 Å². The Kier molecular flexibility index (Phi) is 16.6. The molecule has 4 rings (SSSR count). The molecule has 0 bridgehead atoms. The normalized spacial score (nSPS) is 30.9. The lowest BCUT2D eigenvalue weighted by Crippen LogP contribution is -2.54. The number of nitrogens with two attached hydrogens (primary N) is 1. The molecule has 0 spiro atoms. The molecule has 0 saturated carbocycles. The molecule has 5 unspecified atom stereocenters. The average molecular weight is 780 g/mol. The molecule has 4 heterocycles. The van der Waals surface area contributed by atoms with Crippen molar-refractivity contribution in [2.24, 2.45) is 0 Å². The first-order chi connectivity index (χ1) is 25.2. The Balaban J connectivity index is 1.14. The highest BCUT2D eigenvalue weighted by atomic mass is 32.2. The van der Waals surface area contributed by atoms with Gasteiger partial charge in [0.15, 0.2) is 19.1 Å². The van der Waals surface area contributed by atoms with Crippen molar-refractivity contribution in [1.29, 1.82) is 0 Å². The van der Waals surface area contributed by atoms with Crippen molar-refractivity contribution in [2.75, 3.05) is 50.2 Å². The van der Waals surface area contributed by atoms with Crippen LogP contribution in [0, 0.1) is 0 Å². The van der Waals surface area contributed by atoms with Crippen LogP contribution in [0.2, 0.25) is 0 Å². The van der Waals surface area contributed by atoms with E-state index in [1.54, 1.807) is 0 Å². The summed E-state index contributed by atoms with van der Waals surface area (Å²) in [7, 11) is 0. The van der Waals surface area contributed by atoms with Crippen LogP contribution in [0.25, 0.3) is 0 Å². The summed E-state index contributed by atoms with van der Waals surface area (Å²) in [4.78, 5) is 52.9. The first-order valence-electron chi connectivity index (χ1n) is 17.4. The molecule has 0 aromatic carbocycles. The zero-order chi connectivity index (χ0) is 38.7. The number of aromatic nitrogens is 2. The number of rotatable bonds is 18. The van der Waals surface area contributed by atoms with Gasteiger partial charge in [0.1, 0.15) is 30.8 Å². The molecule has 0 radical (unpaired) electrons. The number of hydrogen-bond donors (Lipinski definition) is 7. The predicted molar refractivity (Wildman–Crippen MR) is 183 cm³/mol. The van der Waals surface area contributed by atoms with E-state index in [1.165, 1.54) is 24.0 Å². The van der Waals surface area contributed by atoms with Crippen LogP contribution in [0.5, 0.6) is 0 Å². The number of halogens is 1. The SMILES string of the molecule is CC(C)N[C@H](CSCC1OCC(O)C[C@@H]1O[C@@H]1OC(CO)C(O)CC1O)C(=O)NCCC(=O)OCC(=O)OC[C@@H]1C[C@H](F)[C@H](n2ccc(N)nc2=O)O1. The lowest BCUT2D eigenvalue weighted by molar-refractivity contribution is -0.299. The van der Waals surface area contributed by atoms with Crippen LogP contribution in [0.1, 0.15) is 45.8 Å². The topological polar surface area (TPSA) is 272 Å². The quantitative estimate of drug-likeness (QED) is 0.0760. The van der Waals surface area contributed by atoms with Crippen LogP contribution in [-0.2, 0) is 42.8 Å². The second kappa shape index (κ2) is 20.6. The van der Waals surface area contributed by atoms with Gasteiger partial charge in [-0.1, -0.05) is 13.8 Å². The van der Waals surface area contributed by atoms with Crippen LogP contribution < -0.4 is 22.1 Å².